The number of amides is 1. The highest BCUT2D eigenvalue weighted by Crippen LogP contribution is 2.31. The van der Waals surface area contributed by atoms with Crippen molar-refractivity contribution in [3.63, 3.8) is 0 Å². The number of carbonyl (C=O) groups is 1. The van der Waals surface area contributed by atoms with Crippen LogP contribution in [0.15, 0.2) is 51.9 Å². The first-order chi connectivity index (χ1) is 14.3. The summed E-state index contributed by atoms with van der Waals surface area (Å²) in [6.07, 6.45) is 0. The molecule has 3 heterocycles. The van der Waals surface area contributed by atoms with Crippen LogP contribution in [0.2, 0.25) is 0 Å². The van der Waals surface area contributed by atoms with E-state index in [0.717, 1.165) is 9.75 Å². The highest BCUT2D eigenvalue weighted by Gasteiger charge is 2.20. The van der Waals surface area contributed by atoms with Gasteiger partial charge in [-0.2, -0.15) is 0 Å². The number of fused-ring (bicyclic) bond motifs is 1. The molecule has 154 valence electrons. The summed E-state index contributed by atoms with van der Waals surface area (Å²) in [6.45, 7) is 5.35. The Morgan fingerprint density at radius 1 is 1.13 bits per heavy atom. The number of nitrogens with one attached hydrogen (secondary N) is 1. The van der Waals surface area contributed by atoms with E-state index in [1.807, 2.05) is 19.1 Å². The molecule has 0 saturated carbocycles. The molecule has 9 heteroatoms. The van der Waals surface area contributed by atoms with Crippen molar-refractivity contribution >= 4 is 43.9 Å². The van der Waals surface area contributed by atoms with Gasteiger partial charge in [0.15, 0.2) is 9.84 Å². The largest absolute Gasteiger partial charge is 0.335 e. The molecule has 0 aliphatic carbocycles. The van der Waals surface area contributed by atoms with Crippen molar-refractivity contribution in [1.29, 1.82) is 0 Å². The Labute approximate surface area is 177 Å². The number of rotatable bonds is 5. The van der Waals surface area contributed by atoms with E-state index in [2.05, 4.69) is 15.5 Å². The summed E-state index contributed by atoms with van der Waals surface area (Å²) in [5.74, 6) is -0.333. The highest BCUT2D eigenvalue weighted by atomic mass is 32.2. The minimum Gasteiger partial charge on any atom is -0.335 e. The van der Waals surface area contributed by atoms with Gasteiger partial charge in [0.25, 0.3) is 11.6 Å². The van der Waals surface area contributed by atoms with E-state index in [1.54, 1.807) is 43.4 Å². The van der Waals surface area contributed by atoms with Gasteiger partial charge in [0.1, 0.15) is 0 Å². The summed E-state index contributed by atoms with van der Waals surface area (Å²) in [5, 5.41) is 7.32. The van der Waals surface area contributed by atoms with E-state index in [4.69, 9.17) is 4.52 Å². The number of aromatic nitrogens is 2. The minimum atomic E-state index is -3.30. The Morgan fingerprint density at radius 2 is 1.87 bits per heavy atom. The predicted molar refractivity (Wildman–Crippen MR) is 117 cm³/mol. The lowest BCUT2D eigenvalue weighted by molar-refractivity contribution is 0.102. The Hall–Kier alpha value is -3.04. The van der Waals surface area contributed by atoms with Crippen molar-refractivity contribution < 1.29 is 17.7 Å². The van der Waals surface area contributed by atoms with E-state index in [9.17, 15) is 13.2 Å². The lowest BCUT2D eigenvalue weighted by Gasteiger charge is -2.09. The van der Waals surface area contributed by atoms with Crippen LogP contribution in [0.4, 0.5) is 5.69 Å². The first-order valence-electron chi connectivity index (χ1n) is 9.26. The maximum atomic E-state index is 13.1. The second kappa shape index (κ2) is 7.66. The van der Waals surface area contributed by atoms with Crippen LogP contribution >= 0.6 is 11.3 Å². The number of hydrogen-bond acceptors (Lipinski definition) is 7. The van der Waals surface area contributed by atoms with Crippen molar-refractivity contribution in [2.45, 2.75) is 25.7 Å². The van der Waals surface area contributed by atoms with Crippen molar-refractivity contribution in [2.75, 3.05) is 11.1 Å². The molecule has 4 aromatic rings. The van der Waals surface area contributed by atoms with Crippen LogP contribution in [0, 0.1) is 13.8 Å². The third-order valence-corrected chi connectivity index (χ3v) is 7.48. The van der Waals surface area contributed by atoms with Crippen LogP contribution < -0.4 is 5.32 Å². The zero-order valence-corrected chi connectivity index (χ0v) is 18.2. The van der Waals surface area contributed by atoms with Crippen LogP contribution in [0.3, 0.4) is 0 Å². The highest BCUT2D eigenvalue weighted by molar-refractivity contribution is 7.91. The van der Waals surface area contributed by atoms with Gasteiger partial charge in [0.05, 0.1) is 37.9 Å². The van der Waals surface area contributed by atoms with Crippen LogP contribution in [0.1, 0.15) is 27.9 Å². The standard InChI is InChI=1S/C21H19N3O4S2/c1-4-30(26,27)15-8-6-14(7-9-15)22-20(25)16-11-17(18-10-5-12(2)29-18)23-21-19(16)13(3)24-28-21/h5-11H,4H2,1-3H3,(H,22,25). The molecule has 0 spiro atoms. The van der Waals surface area contributed by atoms with E-state index >= 15 is 0 Å². The number of thiophene rings is 1. The van der Waals surface area contributed by atoms with Crippen molar-refractivity contribution in [2.24, 2.45) is 0 Å². The lowest BCUT2D eigenvalue weighted by Crippen LogP contribution is -2.13. The number of benzene rings is 1. The quantitative estimate of drug-likeness (QED) is 0.485. The van der Waals surface area contributed by atoms with Crippen molar-refractivity contribution in [1.82, 2.24) is 10.1 Å². The van der Waals surface area contributed by atoms with E-state index in [1.165, 1.54) is 12.1 Å². The average Bonchev–Trinajstić information content (AvgIpc) is 3.33. The van der Waals surface area contributed by atoms with Gasteiger partial charge in [-0.05, 0) is 56.3 Å². The average molecular weight is 442 g/mol. The zero-order chi connectivity index (χ0) is 21.5. The van der Waals surface area contributed by atoms with Gasteiger partial charge in [-0.15, -0.1) is 11.3 Å². The zero-order valence-electron chi connectivity index (χ0n) is 16.6. The normalized spacial score (nSPS) is 11.7. The monoisotopic (exact) mass is 441 g/mol. The van der Waals surface area contributed by atoms with Gasteiger partial charge >= 0.3 is 0 Å². The van der Waals surface area contributed by atoms with E-state index in [-0.39, 0.29) is 16.6 Å². The molecule has 4 rings (SSSR count). The maximum Gasteiger partial charge on any atom is 0.259 e. The number of hydrogen-bond donors (Lipinski definition) is 1. The molecule has 1 aromatic carbocycles. The minimum absolute atomic E-state index is 0.0193. The predicted octanol–water partition coefficient (Wildman–Crippen LogP) is 4.61. The van der Waals surface area contributed by atoms with Gasteiger partial charge in [-0.3, -0.25) is 4.79 Å². The maximum absolute atomic E-state index is 13.1. The van der Waals surface area contributed by atoms with Gasteiger partial charge in [-0.25, -0.2) is 13.4 Å². The summed E-state index contributed by atoms with van der Waals surface area (Å²) < 4.78 is 29.3. The summed E-state index contributed by atoms with van der Waals surface area (Å²) in [5.41, 5.74) is 2.38. The smallest absolute Gasteiger partial charge is 0.259 e. The molecule has 0 unspecified atom stereocenters. The van der Waals surface area contributed by atoms with Gasteiger partial charge < -0.3 is 9.84 Å². The molecule has 3 aromatic heterocycles. The number of pyridine rings is 1. The van der Waals surface area contributed by atoms with Crippen LogP contribution in [0.5, 0.6) is 0 Å². The molecule has 0 saturated heterocycles. The first kappa shape index (κ1) is 20.2. The lowest BCUT2D eigenvalue weighted by atomic mass is 10.1. The fourth-order valence-electron chi connectivity index (χ4n) is 3.08. The molecule has 7 nitrogen and oxygen atoms in total. The molecular weight excluding hydrogens is 422 g/mol. The SMILES string of the molecule is CCS(=O)(=O)c1ccc(NC(=O)c2cc(-c3ccc(C)s3)nc3onc(C)c23)cc1. The molecule has 30 heavy (non-hydrogen) atoms. The molecule has 0 atom stereocenters. The fraction of sp³-hybridized carbons (Fsp3) is 0.190. The number of aryl methyl sites for hydroxylation is 2. The molecule has 0 aliphatic rings. The first-order valence-corrected chi connectivity index (χ1v) is 11.7. The number of sulfone groups is 1. The molecule has 1 N–H and O–H groups in total. The molecule has 1 amide bonds. The molecule has 0 fully saturated rings. The van der Waals surface area contributed by atoms with E-state index < -0.39 is 9.84 Å². The molecular formula is C21H19N3O4S2. The Kier molecular flexibility index (Phi) is 5.17. The van der Waals surface area contributed by atoms with Crippen LogP contribution in [-0.2, 0) is 9.84 Å². The summed E-state index contributed by atoms with van der Waals surface area (Å²) in [4.78, 5) is 19.9. The molecule has 0 radical (unpaired) electrons. The molecule has 0 bridgehead atoms. The summed E-state index contributed by atoms with van der Waals surface area (Å²) in [6, 6.07) is 11.8. The van der Waals surface area contributed by atoms with E-state index in [0.29, 0.717) is 33.7 Å². The summed E-state index contributed by atoms with van der Waals surface area (Å²) >= 11 is 1.57. The van der Waals surface area contributed by atoms with Gasteiger partial charge in [-0.1, -0.05) is 12.1 Å². The second-order valence-corrected chi connectivity index (χ2v) is 10.4. The van der Waals surface area contributed by atoms with Crippen molar-refractivity contribution in [3.05, 3.63) is 58.6 Å². The Balaban J connectivity index is 1.71. The fourth-order valence-corrected chi connectivity index (χ4v) is 4.80. The molecule has 0 aliphatic heterocycles. The Bertz CT molecular complexity index is 1350. The number of anilines is 1. The third-order valence-electron chi connectivity index (χ3n) is 4.71. The van der Waals surface area contributed by atoms with Crippen molar-refractivity contribution in [3.8, 4) is 10.6 Å². The number of nitrogens with zero attached hydrogens (tertiary/aromatic N) is 2. The third kappa shape index (κ3) is 3.73. The topological polar surface area (TPSA) is 102 Å². The van der Waals surface area contributed by atoms with Crippen LogP contribution in [-0.4, -0.2) is 30.2 Å². The second-order valence-electron chi connectivity index (χ2n) is 6.80. The number of carbonyl (C=O) groups excluding carboxylic acids is 1. The van der Waals surface area contributed by atoms with Crippen LogP contribution in [0.25, 0.3) is 21.7 Å². The Morgan fingerprint density at radius 3 is 2.50 bits per heavy atom. The van der Waals surface area contributed by atoms with Gasteiger partial charge in [0.2, 0.25) is 0 Å². The summed E-state index contributed by atoms with van der Waals surface area (Å²) in [7, 11) is -3.30. The van der Waals surface area contributed by atoms with Gasteiger partial charge in [0, 0.05) is 10.6 Å².